The molecule has 0 aliphatic carbocycles. The number of methoxy groups -OCH3 is 1. The molecular formula is C15H26N2O2. The quantitative estimate of drug-likeness (QED) is 0.708. The molecule has 4 heteroatoms. The van der Waals surface area contributed by atoms with E-state index in [4.69, 9.17) is 15.6 Å². The van der Waals surface area contributed by atoms with Gasteiger partial charge in [-0.3, -0.25) is 4.90 Å². The van der Waals surface area contributed by atoms with Gasteiger partial charge in [0.15, 0.2) is 0 Å². The van der Waals surface area contributed by atoms with Gasteiger partial charge in [0.1, 0.15) is 0 Å². The van der Waals surface area contributed by atoms with Gasteiger partial charge in [-0.1, -0.05) is 24.3 Å². The van der Waals surface area contributed by atoms with Crippen molar-refractivity contribution in [2.75, 3.05) is 40.0 Å². The maximum Gasteiger partial charge on any atom is 0.0589 e. The Morgan fingerprint density at radius 1 is 1.26 bits per heavy atom. The van der Waals surface area contributed by atoms with Crippen molar-refractivity contribution in [1.29, 1.82) is 0 Å². The summed E-state index contributed by atoms with van der Waals surface area (Å²) in [6, 6.07) is 8.28. The minimum atomic E-state index is 0.0462. The average molecular weight is 266 g/mol. The van der Waals surface area contributed by atoms with Crippen LogP contribution in [-0.4, -0.2) is 50.0 Å². The first kappa shape index (κ1) is 16.1. The van der Waals surface area contributed by atoms with Gasteiger partial charge in [-0.25, -0.2) is 0 Å². The van der Waals surface area contributed by atoms with Crippen molar-refractivity contribution in [3.63, 3.8) is 0 Å². The Bertz CT molecular complexity index is 358. The number of hydrogen-bond acceptors (Lipinski definition) is 4. The number of nitrogens with two attached hydrogens (primary N) is 1. The molecule has 1 unspecified atom stereocenters. The first-order valence-corrected chi connectivity index (χ1v) is 6.82. The Balaban J connectivity index is 2.47. The van der Waals surface area contributed by atoms with Gasteiger partial charge in [-0.2, -0.15) is 0 Å². The lowest BCUT2D eigenvalue weighted by Crippen LogP contribution is -2.33. The third-order valence-electron chi connectivity index (χ3n) is 3.37. The predicted octanol–water partition coefficient (Wildman–Crippen LogP) is 1.33. The molecule has 0 radical (unpaired) electrons. The normalized spacial score (nSPS) is 12.9. The fraction of sp³-hybridized carbons (Fsp3) is 0.600. The highest BCUT2D eigenvalue weighted by Crippen LogP contribution is 2.18. The number of nitrogens with zero attached hydrogens (tertiary/aromatic N) is 1. The highest BCUT2D eigenvalue weighted by molar-refractivity contribution is 5.28. The Hall–Kier alpha value is -0.940. The molecule has 0 saturated carbocycles. The molecule has 0 saturated heterocycles. The molecule has 0 amide bonds. The van der Waals surface area contributed by atoms with Gasteiger partial charge in [0.05, 0.1) is 13.2 Å². The van der Waals surface area contributed by atoms with Gasteiger partial charge in [0.25, 0.3) is 0 Å². The highest BCUT2D eigenvalue weighted by Gasteiger charge is 2.11. The van der Waals surface area contributed by atoms with Crippen molar-refractivity contribution in [1.82, 2.24) is 4.90 Å². The fourth-order valence-electron chi connectivity index (χ4n) is 2.18. The van der Waals surface area contributed by atoms with Gasteiger partial charge < -0.3 is 15.6 Å². The molecule has 0 aliphatic heterocycles. The van der Waals surface area contributed by atoms with Gasteiger partial charge in [0, 0.05) is 32.8 Å². The van der Waals surface area contributed by atoms with Crippen LogP contribution in [0.2, 0.25) is 0 Å². The largest absolute Gasteiger partial charge is 0.395 e. The lowest BCUT2D eigenvalue weighted by molar-refractivity contribution is 0.128. The number of aliphatic hydroxyl groups excluding tert-OH is 1. The molecule has 0 fully saturated rings. The zero-order valence-electron chi connectivity index (χ0n) is 12.0. The van der Waals surface area contributed by atoms with E-state index in [9.17, 15) is 0 Å². The van der Waals surface area contributed by atoms with Crippen molar-refractivity contribution in [3.05, 3.63) is 35.4 Å². The number of aliphatic hydroxyl groups is 1. The summed E-state index contributed by atoms with van der Waals surface area (Å²) in [6.07, 6.45) is 0.883. The number of benzene rings is 1. The van der Waals surface area contributed by atoms with E-state index in [1.807, 2.05) is 12.1 Å². The summed E-state index contributed by atoms with van der Waals surface area (Å²) in [4.78, 5) is 2.18. The average Bonchev–Trinajstić information content (AvgIpc) is 2.42. The molecule has 1 aromatic rings. The van der Waals surface area contributed by atoms with Crippen LogP contribution in [0.25, 0.3) is 0 Å². The van der Waals surface area contributed by atoms with E-state index in [1.54, 1.807) is 7.11 Å². The minimum absolute atomic E-state index is 0.0462. The Morgan fingerprint density at radius 2 is 2.00 bits per heavy atom. The Labute approximate surface area is 116 Å². The third kappa shape index (κ3) is 5.70. The number of aryl methyl sites for hydroxylation is 1. The summed E-state index contributed by atoms with van der Waals surface area (Å²) in [7, 11) is 1.69. The number of ether oxygens (including phenoxy) is 1. The van der Waals surface area contributed by atoms with Gasteiger partial charge >= 0.3 is 0 Å². The third-order valence-corrected chi connectivity index (χ3v) is 3.37. The van der Waals surface area contributed by atoms with Gasteiger partial charge in [-0.05, 0) is 24.5 Å². The smallest absolute Gasteiger partial charge is 0.0589 e. The zero-order chi connectivity index (χ0) is 14.1. The first-order valence-electron chi connectivity index (χ1n) is 6.82. The summed E-state index contributed by atoms with van der Waals surface area (Å²) in [6.45, 7) is 5.31. The monoisotopic (exact) mass is 266 g/mol. The van der Waals surface area contributed by atoms with Crippen LogP contribution >= 0.6 is 0 Å². The number of rotatable bonds is 9. The summed E-state index contributed by atoms with van der Waals surface area (Å²) < 4.78 is 5.07. The molecule has 4 nitrogen and oxygen atoms in total. The fourth-order valence-corrected chi connectivity index (χ4v) is 2.18. The minimum Gasteiger partial charge on any atom is -0.395 e. The molecule has 108 valence electrons. The molecule has 1 atom stereocenters. The van der Waals surface area contributed by atoms with E-state index >= 15 is 0 Å². The summed E-state index contributed by atoms with van der Waals surface area (Å²) in [5, 5.41) is 9.05. The van der Waals surface area contributed by atoms with Gasteiger partial charge in [0.2, 0.25) is 0 Å². The summed E-state index contributed by atoms with van der Waals surface area (Å²) in [5.41, 5.74) is 8.69. The van der Waals surface area contributed by atoms with E-state index in [0.717, 1.165) is 19.5 Å². The van der Waals surface area contributed by atoms with E-state index in [0.29, 0.717) is 13.2 Å². The molecule has 0 aliphatic rings. The van der Waals surface area contributed by atoms with Crippen molar-refractivity contribution in [3.8, 4) is 0 Å². The second-order valence-corrected chi connectivity index (χ2v) is 4.81. The van der Waals surface area contributed by atoms with Crippen LogP contribution in [0.15, 0.2) is 24.3 Å². The zero-order valence-corrected chi connectivity index (χ0v) is 12.0. The standard InChI is InChI=1S/C15H26N2O2/c1-13-5-3-4-6-14(13)15(16)7-8-17(9-11-18)10-12-19-2/h3-6,15,18H,7-12,16H2,1-2H3. The van der Waals surface area contributed by atoms with Crippen LogP contribution in [0.3, 0.4) is 0 Å². The van der Waals surface area contributed by atoms with E-state index in [2.05, 4.69) is 24.0 Å². The highest BCUT2D eigenvalue weighted by atomic mass is 16.5. The Morgan fingerprint density at radius 3 is 2.63 bits per heavy atom. The van der Waals surface area contributed by atoms with Crippen molar-refractivity contribution >= 4 is 0 Å². The molecule has 0 heterocycles. The van der Waals surface area contributed by atoms with Crippen LogP contribution < -0.4 is 5.73 Å². The van der Waals surface area contributed by atoms with Crippen LogP contribution in [0.1, 0.15) is 23.6 Å². The maximum absolute atomic E-state index is 9.05. The predicted molar refractivity (Wildman–Crippen MR) is 78.1 cm³/mol. The second-order valence-electron chi connectivity index (χ2n) is 4.81. The molecule has 3 N–H and O–H groups in total. The number of hydrogen-bond donors (Lipinski definition) is 2. The van der Waals surface area contributed by atoms with Gasteiger partial charge in [-0.15, -0.1) is 0 Å². The van der Waals surface area contributed by atoms with E-state index in [1.165, 1.54) is 11.1 Å². The van der Waals surface area contributed by atoms with Crippen molar-refractivity contribution < 1.29 is 9.84 Å². The van der Waals surface area contributed by atoms with Crippen LogP contribution in [0.5, 0.6) is 0 Å². The van der Waals surface area contributed by atoms with Crippen LogP contribution in [-0.2, 0) is 4.74 Å². The molecule has 0 bridgehead atoms. The SMILES string of the molecule is COCCN(CCO)CCC(N)c1ccccc1C. The lowest BCUT2D eigenvalue weighted by Gasteiger charge is -2.23. The molecule has 1 rings (SSSR count). The maximum atomic E-state index is 9.05. The first-order chi connectivity index (χ1) is 9.19. The second kappa shape index (κ2) is 9.04. The van der Waals surface area contributed by atoms with Crippen molar-refractivity contribution in [2.24, 2.45) is 5.73 Å². The topological polar surface area (TPSA) is 58.7 Å². The molecule has 1 aromatic carbocycles. The van der Waals surface area contributed by atoms with Crippen molar-refractivity contribution in [2.45, 2.75) is 19.4 Å². The summed E-state index contributed by atoms with van der Waals surface area (Å²) >= 11 is 0. The van der Waals surface area contributed by atoms with E-state index < -0.39 is 0 Å². The molecule has 0 spiro atoms. The molecule has 0 aromatic heterocycles. The van der Waals surface area contributed by atoms with E-state index in [-0.39, 0.29) is 12.6 Å². The molecular weight excluding hydrogens is 240 g/mol. The van der Waals surface area contributed by atoms with Crippen LogP contribution in [0.4, 0.5) is 0 Å². The van der Waals surface area contributed by atoms with Crippen LogP contribution in [0, 0.1) is 6.92 Å². The Kier molecular flexibility index (Phi) is 7.67. The lowest BCUT2D eigenvalue weighted by atomic mass is 9.99. The summed E-state index contributed by atoms with van der Waals surface area (Å²) in [5.74, 6) is 0. The molecule has 19 heavy (non-hydrogen) atoms.